The van der Waals surface area contributed by atoms with Crippen molar-refractivity contribution in [3.8, 4) is 5.75 Å². The SMILES string of the molecule is COc1ccccc1N1CCN(c2ccc(C(=O)Nc3ccccc3)nn2)CC1. The van der Waals surface area contributed by atoms with E-state index in [1.54, 1.807) is 13.2 Å². The smallest absolute Gasteiger partial charge is 0.276 e. The molecule has 0 aliphatic carbocycles. The Morgan fingerprint density at radius 3 is 2.24 bits per heavy atom. The maximum absolute atomic E-state index is 12.3. The van der Waals surface area contributed by atoms with Crippen LogP contribution < -0.4 is 19.9 Å². The third-order valence-electron chi connectivity index (χ3n) is 4.94. The van der Waals surface area contributed by atoms with Crippen molar-refractivity contribution in [2.45, 2.75) is 0 Å². The van der Waals surface area contributed by atoms with Crippen molar-refractivity contribution in [3.63, 3.8) is 0 Å². The molecule has 0 spiro atoms. The average molecular weight is 389 g/mol. The van der Waals surface area contributed by atoms with Gasteiger partial charge in [0.05, 0.1) is 12.8 Å². The van der Waals surface area contributed by atoms with Gasteiger partial charge in [0.15, 0.2) is 11.5 Å². The molecule has 1 aromatic heterocycles. The Hall–Kier alpha value is -3.61. The molecule has 0 saturated carbocycles. The minimum Gasteiger partial charge on any atom is -0.495 e. The molecule has 1 aliphatic heterocycles. The summed E-state index contributed by atoms with van der Waals surface area (Å²) >= 11 is 0. The molecule has 1 N–H and O–H groups in total. The molecule has 4 rings (SSSR count). The van der Waals surface area contributed by atoms with Crippen molar-refractivity contribution in [1.82, 2.24) is 10.2 Å². The first-order chi connectivity index (χ1) is 14.2. The van der Waals surface area contributed by atoms with Crippen molar-refractivity contribution < 1.29 is 9.53 Å². The zero-order valence-electron chi connectivity index (χ0n) is 16.3. The number of rotatable bonds is 5. The second-order valence-corrected chi connectivity index (χ2v) is 6.74. The molecule has 29 heavy (non-hydrogen) atoms. The first kappa shape index (κ1) is 18.7. The highest BCUT2D eigenvalue weighted by Gasteiger charge is 2.21. The Morgan fingerprint density at radius 1 is 0.862 bits per heavy atom. The summed E-state index contributed by atoms with van der Waals surface area (Å²) in [5.74, 6) is 1.40. The van der Waals surface area contributed by atoms with Gasteiger partial charge in [-0.3, -0.25) is 4.79 Å². The number of hydrogen-bond donors (Lipinski definition) is 1. The number of ether oxygens (including phenoxy) is 1. The third-order valence-corrected chi connectivity index (χ3v) is 4.94. The molecule has 148 valence electrons. The number of nitrogens with zero attached hydrogens (tertiary/aromatic N) is 4. The Kier molecular flexibility index (Phi) is 5.56. The Labute approximate surface area is 169 Å². The number of para-hydroxylation sites is 3. The van der Waals surface area contributed by atoms with Gasteiger partial charge in [-0.1, -0.05) is 30.3 Å². The van der Waals surface area contributed by atoms with Crippen LogP contribution in [0.25, 0.3) is 0 Å². The van der Waals surface area contributed by atoms with Gasteiger partial charge in [-0.2, -0.15) is 0 Å². The third kappa shape index (κ3) is 4.29. The van der Waals surface area contributed by atoms with Crippen LogP contribution in [0.4, 0.5) is 17.2 Å². The van der Waals surface area contributed by atoms with Crippen LogP contribution in [0.15, 0.2) is 66.7 Å². The second kappa shape index (κ2) is 8.60. The van der Waals surface area contributed by atoms with Crippen molar-refractivity contribution >= 4 is 23.1 Å². The molecule has 3 aromatic rings. The molecule has 1 saturated heterocycles. The van der Waals surface area contributed by atoms with Gasteiger partial charge in [-0.15, -0.1) is 10.2 Å². The van der Waals surface area contributed by atoms with E-state index in [-0.39, 0.29) is 5.91 Å². The van der Waals surface area contributed by atoms with Gasteiger partial charge in [0.25, 0.3) is 5.91 Å². The standard InChI is InChI=1S/C22H23N5O2/c1-29-20-10-6-5-9-19(20)26-13-15-27(16-14-26)21-12-11-18(24-25-21)22(28)23-17-7-3-2-4-8-17/h2-12H,13-16H2,1H3,(H,23,28). The number of aromatic nitrogens is 2. The van der Waals surface area contributed by atoms with Crippen LogP contribution in [-0.4, -0.2) is 49.4 Å². The molecule has 1 amide bonds. The van der Waals surface area contributed by atoms with Gasteiger partial charge in [0.2, 0.25) is 0 Å². The molecule has 2 aromatic carbocycles. The van der Waals surface area contributed by atoms with Crippen molar-refractivity contribution in [2.24, 2.45) is 0 Å². The molecular weight excluding hydrogens is 366 g/mol. The molecule has 7 nitrogen and oxygen atoms in total. The number of piperazine rings is 1. The zero-order chi connectivity index (χ0) is 20.1. The second-order valence-electron chi connectivity index (χ2n) is 6.74. The van der Waals surface area contributed by atoms with Crippen LogP contribution in [0, 0.1) is 0 Å². The summed E-state index contributed by atoms with van der Waals surface area (Å²) in [6.45, 7) is 3.36. The van der Waals surface area contributed by atoms with Crippen LogP contribution in [0.2, 0.25) is 0 Å². The van der Waals surface area contributed by atoms with Gasteiger partial charge in [-0.25, -0.2) is 0 Å². The van der Waals surface area contributed by atoms with Crippen molar-refractivity contribution in [3.05, 3.63) is 72.4 Å². The van der Waals surface area contributed by atoms with E-state index >= 15 is 0 Å². The molecular formula is C22H23N5O2. The predicted octanol–water partition coefficient (Wildman–Crippen LogP) is 3.06. The molecule has 0 unspecified atom stereocenters. The first-order valence-corrected chi connectivity index (χ1v) is 9.57. The van der Waals surface area contributed by atoms with Crippen LogP contribution in [0.1, 0.15) is 10.5 Å². The zero-order valence-corrected chi connectivity index (χ0v) is 16.3. The summed E-state index contributed by atoms with van der Waals surface area (Å²) in [6.07, 6.45) is 0. The topological polar surface area (TPSA) is 70.6 Å². The van der Waals surface area contributed by atoms with Crippen LogP contribution in [-0.2, 0) is 0 Å². The van der Waals surface area contributed by atoms with E-state index in [4.69, 9.17) is 4.74 Å². The largest absolute Gasteiger partial charge is 0.495 e. The highest BCUT2D eigenvalue weighted by atomic mass is 16.5. The molecule has 7 heteroatoms. The fraction of sp³-hybridized carbons (Fsp3) is 0.227. The summed E-state index contributed by atoms with van der Waals surface area (Å²) in [4.78, 5) is 16.8. The van der Waals surface area contributed by atoms with E-state index in [0.29, 0.717) is 5.69 Å². The van der Waals surface area contributed by atoms with E-state index in [2.05, 4.69) is 31.4 Å². The van der Waals surface area contributed by atoms with Gasteiger partial charge in [0, 0.05) is 31.9 Å². The van der Waals surface area contributed by atoms with Crippen molar-refractivity contribution in [1.29, 1.82) is 0 Å². The Bertz CT molecular complexity index is 954. The summed E-state index contributed by atoms with van der Waals surface area (Å²) < 4.78 is 5.47. The summed E-state index contributed by atoms with van der Waals surface area (Å²) in [7, 11) is 1.69. The quantitative estimate of drug-likeness (QED) is 0.723. The van der Waals surface area contributed by atoms with Crippen LogP contribution in [0.3, 0.4) is 0 Å². The number of carbonyl (C=O) groups excluding carboxylic acids is 1. The number of methoxy groups -OCH3 is 1. The van der Waals surface area contributed by atoms with E-state index in [1.807, 2.05) is 54.6 Å². The van der Waals surface area contributed by atoms with Gasteiger partial charge in [-0.05, 0) is 36.4 Å². The molecule has 0 bridgehead atoms. The van der Waals surface area contributed by atoms with Gasteiger partial charge >= 0.3 is 0 Å². The van der Waals surface area contributed by atoms with Crippen LogP contribution in [0.5, 0.6) is 5.75 Å². The molecule has 0 atom stereocenters. The van der Waals surface area contributed by atoms with Gasteiger partial charge in [0.1, 0.15) is 5.75 Å². The van der Waals surface area contributed by atoms with Gasteiger partial charge < -0.3 is 19.9 Å². The highest BCUT2D eigenvalue weighted by molar-refractivity contribution is 6.02. The Morgan fingerprint density at radius 2 is 1.55 bits per heavy atom. The number of nitrogens with one attached hydrogen (secondary N) is 1. The minimum atomic E-state index is -0.267. The Balaban J connectivity index is 1.37. The lowest BCUT2D eigenvalue weighted by atomic mass is 10.2. The van der Waals surface area contributed by atoms with E-state index in [1.165, 1.54) is 0 Å². The molecule has 1 aliphatic rings. The fourth-order valence-electron chi connectivity index (χ4n) is 3.40. The number of hydrogen-bond acceptors (Lipinski definition) is 6. The molecule has 2 heterocycles. The lowest BCUT2D eigenvalue weighted by Gasteiger charge is -2.37. The summed E-state index contributed by atoms with van der Waals surface area (Å²) in [5, 5.41) is 11.2. The fourth-order valence-corrected chi connectivity index (χ4v) is 3.40. The van der Waals surface area contributed by atoms with E-state index in [9.17, 15) is 4.79 Å². The maximum Gasteiger partial charge on any atom is 0.276 e. The lowest BCUT2D eigenvalue weighted by Crippen LogP contribution is -2.47. The molecule has 0 radical (unpaired) electrons. The number of benzene rings is 2. The van der Waals surface area contributed by atoms with Crippen molar-refractivity contribution in [2.75, 3.05) is 48.4 Å². The lowest BCUT2D eigenvalue weighted by molar-refractivity contribution is 0.102. The predicted molar refractivity (Wildman–Crippen MR) is 114 cm³/mol. The maximum atomic E-state index is 12.3. The highest BCUT2D eigenvalue weighted by Crippen LogP contribution is 2.28. The molecule has 1 fully saturated rings. The van der Waals surface area contributed by atoms with E-state index in [0.717, 1.165) is 49.1 Å². The monoisotopic (exact) mass is 389 g/mol. The average Bonchev–Trinajstić information content (AvgIpc) is 2.80. The summed E-state index contributed by atoms with van der Waals surface area (Å²) in [5.41, 5.74) is 2.13. The number of amides is 1. The minimum absolute atomic E-state index is 0.267. The van der Waals surface area contributed by atoms with Crippen LogP contribution >= 0.6 is 0 Å². The van der Waals surface area contributed by atoms with E-state index < -0.39 is 0 Å². The number of carbonyl (C=O) groups is 1. The first-order valence-electron chi connectivity index (χ1n) is 9.57. The normalized spacial score (nSPS) is 13.8. The summed E-state index contributed by atoms with van der Waals surface area (Å²) in [6, 6.07) is 20.9. The number of anilines is 3.